The molecule has 0 saturated carbocycles. The first-order valence-electron chi connectivity index (χ1n) is 8.95. The fourth-order valence-electron chi connectivity index (χ4n) is 2.58. The second-order valence-electron chi connectivity index (χ2n) is 6.01. The summed E-state index contributed by atoms with van der Waals surface area (Å²) in [5, 5.41) is -0.354. The molecule has 0 amide bonds. The molecule has 3 rings (SSSR count). The molecule has 0 bridgehead atoms. The van der Waals surface area contributed by atoms with Crippen LogP contribution in [0.25, 0.3) is 11.0 Å². The van der Waals surface area contributed by atoms with Crippen LogP contribution in [0.15, 0.2) is 41.7 Å². The lowest BCUT2D eigenvalue weighted by molar-refractivity contribution is 0.178. The maximum atomic E-state index is 12.7. The molecule has 0 spiro atoms. The molecule has 2 heterocycles. The SMILES string of the molecule is CCOC(=O)[S+]([O-])CCOc1ccnc(C[S+]([O-])c2nc3ccccc3[nH]2)c1C. The van der Waals surface area contributed by atoms with Gasteiger partial charge in [-0.3, -0.25) is 9.97 Å². The van der Waals surface area contributed by atoms with Crippen molar-refractivity contribution in [3.63, 3.8) is 0 Å². The predicted molar refractivity (Wildman–Crippen MR) is 111 cm³/mol. The van der Waals surface area contributed by atoms with Gasteiger partial charge in [-0.05, 0) is 32.0 Å². The minimum Gasteiger partial charge on any atom is -0.609 e. The lowest BCUT2D eigenvalue weighted by Crippen LogP contribution is -2.23. The zero-order chi connectivity index (χ0) is 20.8. The number of aromatic nitrogens is 3. The molecule has 0 aliphatic carbocycles. The Labute approximate surface area is 174 Å². The average molecular weight is 436 g/mol. The Bertz CT molecular complexity index is 948. The van der Waals surface area contributed by atoms with E-state index in [1.807, 2.05) is 31.2 Å². The molecule has 1 N–H and O–H groups in total. The normalized spacial score (nSPS) is 13.2. The van der Waals surface area contributed by atoms with Crippen LogP contribution in [0.3, 0.4) is 0 Å². The van der Waals surface area contributed by atoms with Gasteiger partial charge in [0.25, 0.3) is 0 Å². The molecule has 0 saturated heterocycles. The summed E-state index contributed by atoms with van der Waals surface area (Å²) < 4.78 is 34.8. The maximum Gasteiger partial charge on any atom is 0.523 e. The number of nitrogens with one attached hydrogen (secondary N) is 1. The van der Waals surface area contributed by atoms with Crippen molar-refractivity contribution in [3.05, 3.63) is 47.8 Å². The molecule has 2 atom stereocenters. The number of hydrogen-bond acceptors (Lipinski definition) is 7. The third-order valence-corrected chi connectivity index (χ3v) is 6.27. The number of hydrogen-bond donors (Lipinski definition) is 1. The van der Waals surface area contributed by atoms with Crippen molar-refractivity contribution in [1.29, 1.82) is 0 Å². The van der Waals surface area contributed by atoms with E-state index in [0.717, 1.165) is 16.6 Å². The highest BCUT2D eigenvalue weighted by molar-refractivity contribution is 8.05. The molecule has 29 heavy (non-hydrogen) atoms. The number of rotatable bonds is 8. The summed E-state index contributed by atoms with van der Waals surface area (Å²) in [6.45, 7) is 3.74. The molecule has 0 aliphatic heterocycles. The Balaban J connectivity index is 1.63. The van der Waals surface area contributed by atoms with Crippen molar-refractivity contribution in [2.75, 3.05) is 19.0 Å². The Morgan fingerprint density at radius 3 is 2.79 bits per heavy atom. The Hall–Kier alpha value is -2.27. The summed E-state index contributed by atoms with van der Waals surface area (Å²) in [4.78, 5) is 23.1. The fraction of sp³-hybridized carbons (Fsp3) is 0.316. The van der Waals surface area contributed by atoms with Gasteiger partial charge >= 0.3 is 10.5 Å². The van der Waals surface area contributed by atoms with Gasteiger partial charge in [-0.15, -0.1) is 0 Å². The van der Waals surface area contributed by atoms with Crippen LogP contribution in [0, 0.1) is 6.92 Å². The zero-order valence-electron chi connectivity index (χ0n) is 16.0. The number of H-pyrrole nitrogens is 1. The Morgan fingerprint density at radius 2 is 2.03 bits per heavy atom. The van der Waals surface area contributed by atoms with Crippen molar-refractivity contribution in [3.8, 4) is 5.75 Å². The Morgan fingerprint density at radius 1 is 1.24 bits per heavy atom. The van der Waals surface area contributed by atoms with Gasteiger partial charge in [-0.25, -0.2) is 0 Å². The molecule has 2 unspecified atom stereocenters. The van der Waals surface area contributed by atoms with Crippen LogP contribution in [0.4, 0.5) is 4.79 Å². The van der Waals surface area contributed by atoms with Crippen molar-refractivity contribution >= 4 is 38.7 Å². The number of fused-ring (bicyclic) bond motifs is 1. The monoisotopic (exact) mass is 435 g/mol. The first kappa shape index (κ1) is 21.4. The summed E-state index contributed by atoms with van der Waals surface area (Å²) in [6.07, 6.45) is 1.57. The molecular formula is C19H21N3O5S2. The minimum absolute atomic E-state index is 0.0286. The highest BCUT2D eigenvalue weighted by atomic mass is 32.2. The van der Waals surface area contributed by atoms with Gasteiger partial charge in [0.1, 0.15) is 12.4 Å². The first-order valence-corrected chi connectivity index (χ1v) is 11.6. The van der Waals surface area contributed by atoms with E-state index in [9.17, 15) is 13.9 Å². The molecule has 0 radical (unpaired) electrons. The van der Waals surface area contributed by atoms with Gasteiger partial charge in [0.2, 0.25) is 0 Å². The van der Waals surface area contributed by atoms with E-state index in [2.05, 4.69) is 15.0 Å². The Kier molecular flexibility index (Phi) is 7.37. The van der Waals surface area contributed by atoms with Gasteiger partial charge in [-0.1, -0.05) is 12.1 Å². The van der Waals surface area contributed by atoms with E-state index in [4.69, 9.17) is 9.47 Å². The van der Waals surface area contributed by atoms with E-state index in [1.165, 1.54) is 0 Å². The van der Waals surface area contributed by atoms with Crippen molar-refractivity contribution in [2.24, 2.45) is 0 Å². The first-order chi connectivity index (χ1) is 14.0. The number of benzene rings is 1. The average Bonchev–Trinajstić information content (AvgIpc) is 3.15. The molecule has 10 heteroatoms. The molecule has 2 aromatic heterocycles. The van der Waals surface area contributed by atoms with Crippen LogP contribution in [0.2, 0.25) is 0 Å². The van der Waals surface area contributed by atoms with Crippen LogP contribution in [-0.2, 0) is 32.8 Å². The second kappa shape index (κ2) is 9.97. The molecule has 8 nitrogen and oxygen atoms in total. The highest BCUT2D eigenvalue weighted by Gasteiger charge is 2.22. The summed E-state index contributed by atoms with van der Waals surface area (Å²) in [7, 11) is 0. The van der Waals surface area contributed by atoms with E-state index in [-0.39, 0.29) is 24.7 Å². The number of imidazole rings is 1. The van der Waals surface area contributed by atoms with Gasteiger partial charge in [-0.2, -0.15) is 9.78 Å². The molecule has 0 aliphatic rings. The summed E-state index contributed by atoms with van der Waals surface area (Å²) in [6, 6.07) is 9.16. The summed E-state index contributed by atoms with van der Waals surface area (Å²) in [5.74, 6) is 0.746. The van der Waals surface area contributed by atoms with Crippen LogP contribution in [-0.4, -0.2) is 48.3 Å². The zero-order valence-corrected chi connectivity index (χ0v) is 17.7. The fourth-order valence-corrected chi connectivity index (χ4v) is 4.34. The maximum absolute atomic E-state index is 12.7. The van der Waals surface area contributed by atoms with Crippen LogP contribution < -0.4 is 4.74 Å². The number of carbonyl (C=O) groups excluding carboxylic acids is 1. The van der Waals surface area contributed by atoms with Gasteiger partial charge in [0.05, 0.1) is 34.5 Å². The molecule has 0 fully saturated rings. The standard InChI is InChI=1S/C19H21N3O5S2/c1-3-26-19(23)28(24)11-10-27-17-8-9-20-16(13(17)2)12-29(25)18-21-14-6-4-5-7-15(14)22-18/h4-9H,3,10-12H2,1-2H3,(H,21,22). The van der Waals surface area contributed by atoms with E-state index in [1.54, 1.807) is 19.2 Å². The van der Waals surface area contributed by atoms with E-state index < -0.39 is 27.7 Å². The van der Waals surface area contributed by atoms with Crippen molar-refractivity contribution in [1.82, 2.24) is 15.0 Å². The van der Waals surface area contributed by atoms with Crippen LogP contribution in [0.5, 0.6) is 5.75 Å². The van der Waals surface area contributed by atoms with E-state index in [0.29, 0.717) is 16.6 Å². The number of aromatic amines is 1. The van der Waals surface area contributed by atoms with Gasteiger partial charge < -0.3 is 18.6 Å². The lowest BCUT2D eigenvalue weighted by Gasteiger charge is -2.13. The van der Waals surface area contributed by atoms with Gasteiger partial charge in [0, 0.05) is 22.9 Å². The molecule has 154 valence electrons. The van der Waals surface area contributed by atoms with Crippen LogP contribution >= 0.6 is 0 Å². The third-order valence-electron chi connectivity index (χ3n) is 4.08. The quantitative estimate of drug-likeness (QED) is 0.426. The van der Waals surface area contributed by atoms with Crippen molar-refractivity contribution in [2.45, 2.75) is 24.8 Å². The van der Waals surface area contributed by atoms with Crippen LogP contribution in [0.1, 0.15) is 18.2 Å². The summed E-state index contributed by atoms with van der Waals surface area (Å²) >= 11 is -3.16. The number of ether oxygens (including phenoxy) is 2. The number of carbonyl (C=O) groups is 1. The molecule has 1 aromatic carbocycles. The number of para-hydroxylation sites is 2. The minimum atomic E-state index is -1.75. The highest BCUT2D eigenvalue weighted by Crippen LogP contribution is 2.24. The van der Waals surface area contributed by atoms with E-state index >= 15 is 0 Å². The van der Waals surface area contributed by atoms with Crippen molar-refractivity contribution < 1.29 is 23.4 Å². The predicted octanol–water partition coefficient (Wildman–Crippen LogP) is 2.86. The largest absolute Gasteiger partial charge is 0.609 e. The topological polar surface area (TPSA) is 123 Å². The number of nitrogens with zero attached hydrogens (tertiary/aromatic N) is 2. The van der Waals surface area contributed by atoms with Gasteiger partial charge in [0.15, 0.2) is 11.5 Å². The number of pyridine rings is 1. The second-order valence-corrected chi connectivity index (χ2v) is 8.81. The lowest BCUT2D eigenvalue weighted by atomic mass is 10.2. The smallest absolute Gasteiger partial charge is 0.523 e. The summed E-state index contributed by atoms with van der Waals surface area (Å²) in [5.41, 5.74) is 2.94. The third kappa shape index (κ3) is 5.41. The molecule has 3 aromatic rings. The molecular weight excluding hydrogens is 414 g/mol.